The topological polar surface area (TPSA) is 82.1 Å². The third kappa shape index (κ3) is 5.85. The summed E-state index contributed by atoms with van der Waals surface area (Å²) in [6, 6.07) is 0. The molecule has 0 aliphatic heterocycles. The van der Waals surface area contributed by atoms with Crippen LogP contribution in [0.1, 0.15) is 25.7 Å². The molecule has 1 aliphatic rings. The molecule has 1 fully saturated rings. The van der Waals surface area contributed by atoms with E-state index in [9.17, 15) is 9.59 Å². The van der Waals surface area contributed by atoms with E-state index >= 15 is 0 Å². The van der Waals surface area contributed by atoms with Gasteiger partial charge in [-0.3, -0.25) is 4.79 Å². The predicted molar refractivity (Wildman–Crippen MR) is 66.4 cm³/mol. The highest BCUT2D eigenvalue weighted by Gasteiger charge is 2.31. The molecular formula is C13H20O6. The number of esters is 1. The summed E-state index contributed by atoms with van der Waals surface area (Å²) < 4.78 is 15.3. The predicted octanol–water partition coefficient (Wildman–Crippen LogP) is 1.35. The van der Waals surface area contributed by atoms with Gasteiger partial charge in [0, 0.05) is 6.08 Å². The van der Waals surface area contributed by atoms with Gasteiger partial charge in [-0.25, -0.2) is 4.79 Å². The van der Waals surface area contributed by atoms with Crippen molar-refractivity contribution < 1.29 is 28.9 Å². The third-order valence-electron chi connectivity index (χ3n) is 3.02. The van der Waals surface area contributed by atoms with Crippen LogP contribution in [0.4, 0.5) is 0 Å². The van der Waals surface area contributed by atoms with Crippen LogP contribution in [0.5, 0.6) is 0 Å². The van der Waals surface area contributed by atoms with Gasteiger partial charge in [-0.1, -0.05) is 19.4 Å². The maximum Gasteiger partial charge on any atom is 0.330 e. The van der Waals surface area contributed by atoms with Gasteiger partial charge in [0.15, 0.2) is 0 Å². The van der Waals surface area contributed by atoms with E-state index in [-0.39, 0.29) is 26.1 Å². The minimum atomic E-state index is -0.815. The van der Waals surface area contributed by atoms with E-state index in [0.717, 1.165) is 25.3 Å². The summed E-state index contributed by atoms with van der Waals surface area (Å²) in [6.07, 6.45) is 4.08. The molecule has 1 N–H and O–H groups in total. The van der Waals surface area contributed by atoms with Gasteiger partial charge in [-0.15, -0.1) is 0 Å². The zero-order valence-electron chi connectivity index (χ0n) is 10.9. The number of carboxylic acid groups (broad SMARTS) is 1. The number of carbonyl (C=O) groups excluding carboxylic acids is 1. The fourth-order valence-electron chi connectivity index (χ4n) is 2.03. The third-order valence-corrected chi connectivity index (χ3v) is 3.02. The molecule has 6 heteroatoms. The summed E-state index contributed by atoms with van der Waals surface area (Å²) in [6.45, 7) is 3.62. The molecule has 0 saturated heterocycles. The number of carboxylic acids is 1. The van der Waals surface area contributed by atoms with Gasteiger partial charge in [-0.2, -0.15) is 0 Å². The number of aliphatic carboxylic acids is 1. The SMILES string of the molecule is C=CC(=O)OCCOCOC1CCCCC1C(=O)O. The lowest BCUT2D eigenvalue weighted by atomic mass is 9.86. The van der Waals surface area contributed by atoms with E-state index < -0.39 is 17.9 Å². The van der Waals surface area contributed by atoms with Crippen LogP contribution in [0.15, 0.2) is 12.7 Å². The molecular weight excluding hydrogens is 252 g/mol. The van der Waals surface area contributed by atoms with Crippen molar-refractivity contribution in [1.29, 1.82) is 0 Å². The molecule has 2 atom stereocenters. The van der Waals surface area contributed by atoms with E-state index in [1.54, 1.807) is 0 Å². The molecule has 0 aromatic heterocycles. The lowest BCUT2D eigenvalue weighted by Crippen LogP contribution is -2.34. The zero-order valence-corrected chi connectivity index (χ0v) is 10.9. The second-order valence-electron chi connectivity index (χ2n) is 4.33. The first kappa shape index (κ1) is 15.7. The summed E-state index contributed by atoms with van der Waals surface area (Å²) in [4.78, 5) is 21.7. The molecule has 0 radical (unpaired) electrons. The monoisotopic (exact) mass is 272 g/mol. The van der Waals surface area contributed by atoms with Crippen LogP contribution in [0.2, 0.25) is 0 Å². The molecule has 0 bridgehead atoms. The number of hydrogen-bond donors (Lipinski definition) is 1. The molecule has 19 heavy (non-hydrogen) atoms. The quantitative estimate of drug-likeness (QED) is 0.311. The highest BCUT2D eigenvalue weighted by atomic mass is 16.7. The summed E-state index contributed by atoms with van der Waals surface area (Å²) in [5, 5.41) is 9.05. The van der Waals surface area contributed by atoms with Crippen molar-refractivity contribution >= 4 is 11.9 Å². The average Bonchev–Trinajstić information content (AvgIpc) is 2.42. The largest absolute Gasteiger partial charge is 0.481 e. The lowest BCUT2D eigenvalue weighted by Gasteiger charge is -2.28. The van der Waals surface area contributed by atoms with Crippen molar-refractivity contribution in [1.82, 2.24) is 0 Å². The molecule has 2 unspecified atom stereocenters. The highest BCUT2D eigenvalue weighted by Crippen LogP contribution is 2.26. The Morgan fingerprint density at radius 2 is 2.00 bits per heavy atom. The average molecular weight is 272 g/mol. The van der Waals surface area contributed by atoms with Crippen LogP contribution in [0.25, 0.3) is 0 Å². The van der Waals surface area contributed by atoms with Gasteiger partial charge in [0.05, 0.1) is 18.6 Å². The van der Waals surface area contributed by atoms with Crippen LogP contribution in [0.3, 0.4) is 0 Å². The first-order chi connectivity index (χ1) is 9.15. The maximum atomic E-state index is 11.0. The summed E-state index contributed by atoms with van der Waals surface area (Å²) in [7, 11) is 0. The van der Waals surface area contributed by atoms with Crippen LogP contribution in [-0.4, -0.2) is 43.2 Å². The second kappa shape index (κ2) is 8.66. The molecule has 0 aromatic carbocycles. The molecule has 0 heterocycles. The van der Waals surface area contributed by atoms with Crippen molar-refractivity contribution in [3.63, 3.8) is 0 Å². The number of hydrogen-bond acceptors (Lipinski definition) is 5. The van der Waals surface area contributed by atoms with Crippen molar-refractivity contribution in [3.8, 4) is 0 Å². The van der Waals surface area contributed by atoms with E-state index in [4.69, 9.17) is 19.3 Å². The van der Waals surface area contributed by atoms with Gasteiger partial charge in [0.1, 0.15) is 13.4 Å². The molecule has 6 nitrogen and oxygen atoms in total. The fraction of sp³-hybridized carbons (Fsp3) is 0.692. The van der Waals surface area contributed by atoms with Crippen LogP contribution in [-0.2, 0) is 23.8 Å². The number of ether oxygens (including phenoxy) is 3. The Kier molecular flexibility index (Phi) is 7.14. The maximum absolute atomic E-state index is 11.0. The number of carbonyl (C=O) groups is 2. The van der Waals surface area contributed by atoms with E-state index in [1.807, 2.05) is 0 Å². The van der Waals surface area contributed by atoms with E-state index in [1.165, 1.54) is 0 Å². The minimum absolute atomic E-state index is 0.0140. The van der Waals surface area contributed by atoms with Crippen molar-refractivity contribution in [2.24, 2.45) is 5.92 Å². The summed E-state index contributed by atoms with van der Waals surface area (Å²) >= 11 is 0. The Balaban J connectivity index is 2.12. The molecule has 0 aromatic rings. The molecule has 1 aliphatic carbocycles. The van der Waals surface area contributed by atoms with Crippen LogP contribution in [0, 0.1) is 5.92 Å². The molecule has 0 amide bonds. The van der Waals surface area contributed by atoms with Gasteiger partial charge in [0.2, 0.25) is 0 Å². The Bertz CT molecular complexity index is 314. The summed E-state index contributed by atoms with van der Waals surface area (Å²) in [5.41, 5.74) is 0. The Morgan fingerprint density at radius 1 is 1.26 bits per heavy atom. The van der Waals surface area contributed by atoms with Gasteiger partial charge >= 0.3 is 11.9 Å². The Morgan fingerprint density at radius 3 is 2.68 bits per heavy atom. The highest BCUT2D eigenvalue weighted by molar-refractivity contribution is 5.81. The van der Waals surface area contributed by atoms with Crippen molar-refractivity contribution in [3.05, 3.63) is 12.7 Å². The van der Waals surface area contributed by atoms with Gasteiger partial charge in [-0.05, 0) is 12.8 Å². The summed E-state index contributed by atoms with van der Waals surface area (Å²) in [5.74, 6) is -1.76. The molecule has 1 rings (SSSR count). The first-order valence-electron chi connectivity index (χ1n) is 6.36. The minimum Gasteiger partial charge on any atom is -0.481 e. The first-order valence-corrected chi connectivity index (χ1v) is 6.36. The molecule has 1 saturated carbocycles. The zero-order chi connectivity index (χ0) is 14.1. The normalized spacial score (nSPS) is 22.7. The second-order valence-corrected chi connectivity index (χ2v) is 4.33. The smallest absolute Gasteiger partial charge is 0.330 e. The van der Waals surface area contributed by atoms with Gasteiger partial charge in [0.25, 0.3) is 0 Å². The van der Waals surface area contributed by atoms with Crippen molar-refractivity contribution in [2.45, 2.75) is 31.8 Å². The fourth-order valence-corrected chi connectivity index (χ4v) is 2.03. The van der Waals surface area contributed by atoms with E-state index in [0.29, 0.717) is 6.42 Å². The Labute approximate surface area is 112 Å². The Hall–Kier alpha value is -1.40. The number of rotatable bonds is 8. The molecule has 0 spiro atoms. The van der Waals surface area contributed by atoms with Crippen LogP contribution < -0.4 is 0 Å². The van der Waals surface area contributed by atoms with Crippen LogP contribution >= 0.6 is 0 Å². The lowest BCUT2D eigenvalue weighted by molar-refractivity contribution is -0.161. The van der Waals surface area contributed by atoms with Crippen molar-refractivity contribution in [2.75, 3.05) is 20.0 Å². The van der Waals surface area contributed by atoms with E-state index in [2.05, 4.69) is 6.58 Å². The standard InChI is InChI=1S/C13H20O6/c1-2-12(14)18-8-7-17-9-19-11-6-4-3-5-10(11)13(15)16/h2,10-11H,1,3-9H2,(H,15,16). The molecule has 108 valence electrons. The van der Waals surface area contributed by atoms with Gasteiger partial charge < -0.3 is 19.3 Å².